The molecule has 0 atom stereocenters. The zero-order chi connectivity index (χ0) is 13.6. The fourth-order valence-electron chi connectivity index (χ4n) is 1.80. The molecule has 0 fully saturated rings. The number of carbonyl (C=O) groups is 2. The Labute approximate surface area is 140 Å². The van der Waals surface area contributed by atoms with E-state index in [1.54, 1.807) is 0 Å². The number of hydrogen-bond acceptors (Lipinski definition) is 4. The summed E-state index contributed by atoms with van der Waals surface area (Å²) in [6.07, 6.45) is 11.1. The van der Waals surface area contributed by atoms with Crippen LogP contribution in [0.25, 0.3) is 0 Å². The number of ether oxygens (including phenoxy) is 1. The van der Waals surface area contributed by atoms with Crippen molar-refractivity contribution in [1.82, 2.24) is 0 Å². The summed E-state index contributed by atoms with van der Waals surface area (Å²) >= 11 is 0. The van der Waals surface area contributed by atoms with E-state index in [0.717, 1.165) is 19.3 Å². The van der Waals surface area contributed by atoms with Crippen LogP contribution in [0.4, 0.5) is 0 Å². The van der Waals surface area contributed by atoms with Crippen molar-refractivity contribution in [3.05, 3.63) is 0 Å². The Morgan fingerprint density at radius 1 is 0.895 bits per heavy atom. The maximum absolute atomic E-state index is 11.1. The van der Waals surface area contributed by atoms with Crippen LogP contribution in [0.15, 0.2) is 0 Å². The second kappa shape index (κ2) is 16.2. The van der Waals surface area contributed by atoms with Crippen LogP contribution in [-0.2, 0) is 14.3 Å². The van der Waals surface area contributed by atoms with Crippen molar-refractivity contribution in [3.63, 3.8) is 0 Å². The van der Waals surface area contributed by atoms with Crippen molar-refractivity contribution in [2.45, 2.75) is 71.1 Å². The minimum Gasteiger partial charge on any atom is -1.00 e. The molecule has 0 aliphatic carbocycles. The molecule has 2 N–H and O–H groups in total. The Bertz CT molecular complexity index is 240. The molecule has 0 radical (unpaired) electrons. The van der Waals surface area contributed by atoms with E-state index >= 15 is 0 Å². The molecule has 5 heteroatoms. The van der Waals surface area contributed by atoms with Gasteiger partial charge in [-0.3, -0.25) is 9.59 Å². The van der Waals surface area contributed by atoms with Crippen molar-refractivity contribution >= 4 is 11.9 Å². The van der Waals surface area contributed by atoms with Crippen LogP contribution in [0.5, 0.6) is 0 Å². The molecule has 108 valence electrons. The van der Waals surface area contributed by atoms with E-state index in [2.05, 4.69) is 11.7 Å². The van der Waals surface area contributed by atoms with Gasteiger partial charge in [0.1, 0.15) is 0 Å². The van der Waals surface area contributed by atoms with E-state index in [0.29, 0.717) is 6.42 Å². The van der Waals surface area contributed by atoms with Gasteiger partial charge in [-0.1, -0.05) is 58.3 Å². The first-order valence-electron chi connectivity index (χ1n) is 7.14. The number of carbonyl (C=O) groups excluding carboxylic acids is 2. The Hall–Kier alpha value is 0.1000. The molecule has 19 heavy (non-hydrogen) atoms. The molecule has 0 aliphatic heterocycles. The summed E-state index contributed by atoms with van der Waals surface area (Å²) in [7, 11) is 0. The molecular formula is C14H28NNaO3. The summed E-state index contributed by atoms with van der Waals surface area (Å²) in [5.74, 6) is -1.09. The van der Waals surface area contributed by atoms with E-state index in [4.69, 9.17) is 5.73 Å². The molecule has 0 heterocycles. The molecule has 0 saturated heterocycles. The number of nitrogens with two attached hydrogens (primary N) is 1. The number of rotatable bonds is 11. The standard InChI is InChI=1S/C14H27NO3.Na.H/c1-2-3-4-5-6-7-8-9-10-11-13(16)18-14(17)12-15;;/h2-12,15H2,1H3;;/q;+1;-1. The molecule has 0 unspecified atom stereocenters. The average Bonchev–Trinajstić information content (AvgIpc) is 2.36. The summed E-state index contributed by atoms with van der Waals surface area (Å²) in [4.78, 5) is 21.8. The van der Waals surface area contributed by atoms with Gasteiger partial charge in [0.2, 0.25) is 0 Å². The normalized spacial score (nSPS) is 9.79. The molecule has 0 aromatic rings. The molecule has 0 rings (SSSR count). The van der Waals surface area contributed by atoms with Crippen LogP contribution in [0.3, 0.4) is 0 Å². The first kappa shape index (κ1) is 21.4. The van der Waals surface area contributed by atoms with Gasteiger partial charge >= 0.3 is 41.5 Å². The zero-order valence-electron chi connectivity index (χ0n) is 13.6. The van der Waals surface area contributed by atoms with Gasteiger partial charge in [0.15, 0.2) is 0 Å². The summed E-state index contributed by atoms with van der Waals surface area (Å²) in [5, 5.41) is 0. The van der Waals surface area contributed by atoms with Gasteiger partial charge in [-0.15, -0.1) is 0 Å². The van der Waals surface area contributed by atoms with Gasteiger partial charge in [-0.2, -0.15) is 0 Å². The summed E-state index contributed by atoms with van der Waals surface area (Å²) in [6.45, 7) is 1.98. The van der Waals surface area contributed by atoms with Crippen molar-refractivity contribution in [2.75, 3.05) is 6.54 Å². The smallest absolute Gasteiger partial charge is 1.00 e. The summed E-state index contributed by atoms with van der Waals surface area (Å²) < 4.78 is 4.47. The molecule has 0 aromatic heterocycles. The van der Waals surface area contributed by atoms with E-state index in [1.807, 2.05) is 0 Å². The fraction of sp³-hybridized carbons (Fsp3) is 0.857. The predicted molar refractivity (Wildman–Crippen MR) is 73.1 cm³/mol. The summed E-state index contributed by atoms with van der Waals surface area (Å²) in [6, 6.07) is 0. The van der Waals surface area contributed by atoms with Gasteiger partial charge < -0.3 is 11.9 Å². The number of hydrogen-bond donors (Lipinski definition) is 1. The maximum atomic E-state index is 11.1. The van der Waals surface area contributed by atoms with E-state index in [-0.39, 0.29) is 37.5 Å². The van der Waals surface area contributed by atoms with Crippen molar-refractivity contribution in [1.29, 1.82) is 0 Å². The van der Waals surface area contributed by atoms with Gasteiger partial charge in [0.05, 0.1) is 6.54 Å². The molecule has 0 aliphatic rings. The van der Waals surface area contributed by atoms with Crippen molar-refractivity contribution < 1.29 is 45.3 Å². The minimum atomic E-state index is -0.643. The fourth-order valence-corrected chi connectivity index (χ4v) is 1.80. The minimum absolute atomic E-state index is 0. The number of unbranched alkanes of at least 4 members (excludes halogenated alkanes) is 8. The van der Waals surface area contributed by atoms with Gasteiger partial charge in [-0.05, 0) is 6.42 Å². The van der Waals surface area contributed by atoms with Crippen LogP contribution in [0.1, 0.15) is 72.6 Å². The Morgan fingerprint density at radius 2 is 1.37 bits per heavy atom. The quantitative estimate of drug-likeness (QED) is 0.251. The van der Waals surface area contributed by atoms with Crippen molar-refractivity contribution in [3.8, 4) is 0 Å². The topological polar surface area (TPSA) is 69.4 Å². The van der Waals surface area contributed by atoms with Crippen LogP contribution in [0, 0.1) is 0 Å². The summed E-state index contributed by atoms with van der Waals surface area (Å²) in [5.41, 5.74) is 5.04. The third-order valence-corrected chi connectivity index (χ3v) is 2.88. The van der Waals surface area contributed by atoms with Crippen LogP contribution < -0.4 is 35.3 Å². The SMILES string of the molecule is CCCCCCCCCCCC(=O)OC(=O)CN.[H-].[Na+]. The molecule has 0 spiro atoms. The predicted octanol–water partition coefficient (Wildman–Crippen LogP) is 0.0523. The molecule has 0 bridgehead atoms. The molecule has 0 amide bonds. The van der Waals surface area contributed by atoms with Gasteiger partial charge in [0.25, 0.3) is 0 Å². The van der Waals surface area contributed by atoms with Gasteiger partial charge in [0, 0.05) is 6.42 Å². The van der Waals surface area contributed by atoms with Crippen LogP contribution in [-0.4, -0.2) is 18.5 Å². The average molecular weight is 281 g/mol. The van der Waals surface area contributed by atoms with Crippen LogP contribution in [0.2, 0.25) is 0 Å². The molecule has 0 saturated carbocycles. The Balaban J connectivity index is -0.00000144. The van der Waals surface area contributed by atoms with E-state index in [1.165, 1.54) is 38.5 Å². The first-order chi connectivity index (χ1) is 8.70. The Morgan fingerprint density at radius 3 is 1.84 bits per heavy atom. The van der Waals surface area contributed by atoms with Crippen molar-refractivity contribution in [2.24, 2.45) is 5.73 Å². The third kappa shape index (κ3) is 16.0. The molecule has 0 aromatic carbocycles. The van der Waals surface area contributed by atoms with Gasteiger partial charge in [-0.25, -0.2) is 0 Å². The monoisotopic (exact) mass is 281 g/mol. The molecule has 4 nitrogen and oxygen atoms in total. The number of esters is 2. The van der Waals surface area contributed by atoms with Crippen LogP contribution >= 0.6 is 0 Å². The second-order valence-electron chi connectivity index (χ2n) is 4.63. The Kier molecular flexibility index (Phi) is 18.2. The third-order valence-electron chi connectivity index (χ3n) is 2.88. The maximum Gasteiger partial charge on any atom is 1.00 e. The van der Waals surface area contributed by atoms with E-state index < -0.39 is 11.9 Å². The zero-order valence-corrected chi connectivity index (χ0v) is 14.6. The second-order valence-corrected chi connectivity index (χ2v) is 4.63. The molecular weight excluding hydrogens is 253 g/mol. The first-order valence-corrected chi connectivity index (χ1v) is 7.14. The van der Waals surface area contributed by atoms with E-state index in [9.17, 15) is 9.59 Å². The largest absolute Gasteiger partial charge is 1.00 e.